The van der Waals surface area contributed by atoms with Crippen molar-refractivity contribution in [2.75, 3.05) is 13.7 Å². The van der Waals surface area contributed by atoms with E-state index in [2.05, 4.69) is 10.1 Å². The molecule has 0 unspecified atom stereocenters. The fraction of sp³-hybridized carbons (Fsp3) is 0.833. The molecular weight excluding hydrogens is 162 g/mol. The Bertz CT molecular complexity index is 149. The molecule has 11 heavy (non-hydrogen) atoms. The highest BCUT2D eigenvalue weighted by molar-refractivity contribution is 6.40. The molecule has 0 bridgehead atoms. The van der Waals surface area contributed by atoms with Crippen LogP contribution in [0.15, 0.2) is 0 Å². The van der Waals surface area contributed by atoms with Gasteiger partial charge in [0, 0.05) is 6.54 Å². The molecule has 0 aliphatic rings. The van der Waals surface area contributed by atoms with Crippen LogP contribution >= 0.6 is 0 Å². The van der Waals surface area contributed by atoms with Crippen LogP contribution in [0.4, 0.5) is 4.79 Å². The summed E-state index contributed by atoms with van der Waals surface area (Å²) in [5, 5.41) is 2.50. The van der Waals surface area contributed by atoms with Crippen LogP contribution in [0.25, 0.3) is 0 Å². The summed E-state index contributed by atoms with van der Waals surface area (Å²) >= 11 is 0. The summed E-state index contributed by atoms with van der Waals surface area (Å²) in [5.41, 5.74) is 0. The lowest BCUT2D eigenvalue weighted by Crippen LogP contribution is -2.24. The second-order valence-electron chi connectivity index (χ2n) is 2.22. The van der Waals surface area contributed by atoms with Gasteiger partial charge in [0.15, 0.2) is 0 Å². The molecular formula is C6H13NO3Si. The van der Waals surface area contributed by atoms with Crippen LogP contribution in [0.1, 0.15) is 6.42 Å². The van der Waals surface area contributed by atoms with Crippen molar-refractivity contribution in [2.45, 2.75) is 19.0 Å². The van der Waals surface area contributed by atoms with E-state index in [9.17, 15) is 9.26 Å². The van der Waals surface area contributed by atoms with Crippen molar-refractivity contribution in [3.63, 3.8) is 0 Å². The maximum absolute atomic E-state index is 10.6. The van der Waals surface area contributed by atoms with Crippen LogP contribution in [0.2, 0.25) is 12.6 Å². The highest BCUT2D eigenvalue weighted by Gasteiger charge is 1.98. The van der Waals surface area contributed by atoms with Crippen LogP contribution in [0, 0.1) is 0 Å². The number of nitrogens with one attached hydrogen (secondary N) is 1. The minimum Gasteiger partial charge on any atom is -0.453 e. The zero-order chi connectivity index (χ0) is 8.69. The van der Waals surface area contributed by atoms with Crippen LogP contribution < -0.4 is 5.32 Å². The number of carbonyl (C=O) groups excluding carboxylic acids is 1. The number of hydrogen-bond acceptors (Lipinski definition) is 3. The fourth-order valence-electron chi connectivity index (χ4n) is 0.600. The Morgan fingerprint density at radius 1 is 1.64 bits per heavy atom. The first kappa shape index (κ1) is 10.3. The molecule has 1 amide bonds. The van der Waals surface area contributed by atoms with Gasteiger partial charge < -0.3 is 14.5 Å². The van der Waals surface area contributed by atoms with E-state index < -0.39 is 14.8 Å². The maximum Gasteiger partial charge on any atom is 0.406 e. The minimum absolute atomic E-state index is 0.430. The number of methoxy groups -OCH3 is 1. The zero-order valence-corrected chi connectivity index (χ0v) is 7.85. The minimum atomic E-state index is -1.38. The Hall–Kier alpha value is -0.713. The maximum atomic E-state index is 10.6. The van der Waals surface area contributed by atoms with E-state index in [0.29, 0.717) is 12.6 Å². The lowest BCUT2D eigenvalue weighted by atomic mass is 10.5. The van der Waals surface area contributed by atoms with Gasteiger partial charge in [0.1, 0.15) is 0 Å². The zero-order valence-electron chi connectivity index (χ0n) is 6.85. The van der Waals surface area contributed by atoms with Gasteiger partial charge in [-0.1, -0.05) is 0 Å². The summed E-state index contributed by atoms with van der Waals surface area (Å²) < 4.78 is 14.9. The standard InChI is InChI=1S/C6H13NO3Si/c1-10-6(8)7-4-3-5-11(2)9/h3-5H2,1-2H3,(H,7,8). The Morgan fingerprint density at radius 3 is 2.73 bits per heavy atom. The third-order valence-electron chi connectivity index (χ3n) is 1.16. The van der Waals surface area contributed by atoms with Crippen LogP contribution in [0.3, 0.4) is 0 Å². The average Bonchev–Trinajstić information content (AvgIpc) is 1.97. The van der Waals surface area contributed by atoms with Crippen LogP contribution in [-0.4, -0.2) is 28.4 Å². The number of hydrogen-bond donors (Lipinski definition) is 1. The van der Waals surface area contributed by atoms with Gasteiger partial charge in [0.25, 0.3) is 8.68 Å². The summed E-state index contributed by atoms with van der Waals surface area (Å²) in [6.45, 7) is 2.25. The van der Waals surface area contributed by atoms with Gasteiger partial charge in [0.2, 0.25) is 0 Å². The fourth-order valence-corrected chi connectivity index (χ4v) is 1.27. The van der Waals surface area contributed by atoms with Crippen molar-refractivity contribution in [1.29, 1.82) is 0 Å². The molecule has 5 heteroatoms. The molecule has 0 saturated heterocycles. The second kappa shape index (κ2) is 6.03. The van der Waals surface area contributed by atoms with E-state index in [1.807, 2.05) is 0 Å². The number of carbonyl (C=O) groups is 1. The molecule has 0 aliphatic heterocycles. The van der Waals surface area contributed by atoms with Crippen molar-refractivity contribution in [1.82, 2.24) is 5.32 Å². The molecule has 0 atom stereocenters. The van der Waals surface area contributed by atoms with Gasteiger partial charge in [-0.2, -0.15) is 0 Å². The van der Waals surface area contributed by atoms with E-state index >= 15 is 0 Å². The Labute approximate surface area is 67.6 Å². The molecule has 0 aromatic rings. The monoisotopic (exact) mass is 175 g/mol. The first-order valence-electron chi connectivity index (χ1n) is 3.48. The summed E-state index contributed by atoms with van der Waals surface area (Å²) in [5.74, 6) is 0. The lowest BCUT2D eigenvalue weighted by molar-refractivity contribution is 0.171. The van der Waals surface area contributed by atoms with Crippen molar-refractivity contribution in [3.8, 4) is 0 Å². The molecule has 64 valence electrons. The number of ether oxygens (including phenoxy) is 1. The van der Waals surface area contributed by atoms with E-state index in [4.69, 9.17) is 0 Å². The lowest BCUT2D eigenvalue weighted by Gasteiger charge is -2.00. The summed E-state index contributed by atoms with van der Waals surface area (Å²) in [6.07, 6.45) is 0.324. The summed E-state index contributed by atoms with van der Waals surface area (Å²) in [4.78, 5) is 10.5. The third kappa shape index (κ3) is 7.18. The Kier molecular flexibility index (Phi) is 5.64. The Balaban J connectivity index is 3.14. The van der Waals surface area contributed by atoms with E-state index in [1.54, 1.807) is 6.55 Å². The van der Waals surface area contributed by atoms with Crippen LogP contribution in [0.5, 0.6) is 0 Å². The predicted molar refractivity (Wildman–Crippen MR) is 42.1 cm³/mol. The van der Waals surface area contributed by atoms with Crippen molar-refractivity contribution in [2.24, 2.45) is 0 Å². The molecule has 0 aliphatic carbocycles. The van der Waals surface area contributed by atoms with Crippen molar-refractivity contribution >= 4 is 14.8 Å². The number of amides is 1. The smallest absolute Gasteiger partial charge is 0.406 e. The highest BCUT2D eigenvalue weighted by atomic mass is 28.3. The molecule has 0 radical (unpaired) electrons. The number of alkyl carbamates (subject to hydrolysis) is 1. The molecule has 0 saturated carbocycles. The topological polar surface area (TPSA) is 55.4 Å². The van der Waals surface area contributed by atoms with Crippen molar-refractivity contribution < 1.29 is 14.0 Å². The molecule has 0 aromatic carbocycles. The third-order valence-corrected chi connectivity index (χ3v) is 2.22. The predicted octanol–water partition coefficient (Wildman–Crippen LogP) is 0.784. The summed E-state index contributed by atoms with van der Waals surface area (Å²) in [6, 6.07) is 0.689. The van der Waals surface area contributed by atoms with E-state index in [0.717, 1.165) is 6.42 Å². The van der Waals surface area contributed by atoms with Crippen LogP contribution in [-0.2, 0) is 9.20 Å². The molecule has 0 heterocycles. The molecule has 4 nitrogen and oxygen atoms in total. The first-order chi connectivity index (χ1) is 5.16. The van der Waals surface area contributed by atoms with Gasteiger partial charge in [0.05, 0.1) is 7.11 Å². The highest BCUT2D eigenvalue weighted by Crippen LogP contribution is 1.88. The normalized spacial score (nSPS) is 8.91. The Morgan fingerprint density at radius 2 is 2.27 bits per heavy atom. The second-order valence-corrected chi connectivity index (χ2v) is 4.13. The first-order valence-corrected chi connectivity index (χ1v) is 5.59. The molecule has 0 aromatic heterocycles. The van der Waals surface area contributed by atoms with Gasteiger partial charge in [-0.15, -0.1) is 0 Å². The van der Waals surface area contributed by atoms with E-state index in [1.165, 1.54) is 7.11 Å². The molecule has 0 rings (SSSR count). The number of rotatable bonds is 4. The quantitative estimate of drug-likeness (QED) is 0.507. The molecule has 1 N–H and O–H groups in total. The summed E-state index contributed by atoms with van der Waals surface area (Å²) in [7, 11) is -0.0637. The van der Waals surface area contributed by atoms with Gasteiger partial charge in [-0.3, -0.25) is 0 Å². The SMILES string of the molecule is COC(=O)NCCC[Si](C)=O. The molecule has 0 fully saturated rings. The van der Waals surface area contributed by atoms with E-state index in [-0.39, 0.29) is 0 Å². The average molecular weight is 175 g/mol. The molecule has 0 spiro atoms. The van der Waals surface area contributed by atoms with Gasteiger partial charge >= 0.3 is 6.09 Å². The van der Waals surface area contributed by atoms with Gasteiger partial charge in [-0.05, 0) is 19.0 Å². The largest absolute Gasteiger partial charge is 0.453 e. The van der Waals surface area contributed by atoms with Crippen molar-refractivity contribution in [3.05, 3.63) is 0 Å². The van der Waals surface area contributed by atoms with Gasteiger partial charge in [-0.25, -0.2) is 4.79 Å².